The monoisotopic (exact) mass is 288 g/mol. The van der Waals surface area contributed by atoms with E-state index in [1.54, 1.807) is 12.1 Å². The first-order valence-electron chi connectivity index (χ1n) is 4.18. The highest BCUT2D eigenvalue weighted by molar-refractivity contribution is 9.10. The van der Waals surface area contributed by atoms with E-state index in [9.17, 15) is 8.42 Å². The summed E-state index contributed by atoms with van der Waals surface area (Å²) in [5.74, 6) is 0. The number of hydrogen-bond donors (Lipinski definition) is 1. The van der Waals surface area contributed by atoms with Crippen molar-refractivity contribution in [2.75, 3.05) is 6.54 Å². The molecule has 0 aliphatic heterocycles. The largest absolute Gasteiger partial charge is 0.240 e. The summed E-state index contributed by atoms with van der Waals surface area (Å²) in [4.78, 5) is 0.190. The first-order valence-corrected chi connectivity index (χ1v) is 6.46. The predicted octanol–water partition coefficient (Wildman–Crippen LogP) is 1.64. The molecule has 0 saturated heterocycles. The molecule has 0 aliphatic carbocycles. The van der Waals surface area contributed by atoms with Gasteiger partial charge in [-0.25, -0.2) is 13.1 Å². The molecule has 0 saturated carbocycles. The van der Waals surface area contributed by atoms with Crippen LogP contribution in [-0.4, -0.2) is 15.0 Å². The van der Waals surface area contributed by atoms with Crippen LogP contribution in [0.4, 0.5) is 0 Å². The van der Waals surface area contributed by atoms with Crippen molar-refractivity contribution >= 4 is 26.0 Å². The van der Waals surface area contributed by atoms with Gasteiger partial charge in [-0.05, 0) is 18.2 Å². The van der Waals surface area contributed by atoms with E-state index < -0.39 is 10.0 Å². The van der Waals surface area contributed by atoms with Crippen molar-refractivity contribution in [3.05, 3.63) is 28.7 Å². The lowest BCUT2D eigenvalue weighted by Crippen LogP contribution is -2.24. The molecule has 1 aromatic carbocycles. The van der Waals surface area contributed by atoms with E-state index in [2.05, 4.69) is 20.7 Å². The molecule has 0 unspecified atom stereocenters. The van der Waals surface area contributed by atoms with Crippen LogP contribution < -0.4 is 4.72 Å². The van der Waals surface area contributed by atoms with Crippen molar-refractivity contribution in [1.82, 2.24) is 4.72 Å². The first-order chi connectivity index (χ1) is 7.06. The Morgan fingerprint density at radius 1 is 1.47 bits per heavy atom. The molecule has 0 radical (unpaired) electrons. The molecule has 0 aromatic heterocycles. The molecule has 1 rings (SSSR count). The third kappa shape index (κ3) is 3.63. The smallest absolute Gasteiger partial charge is 0.210 e. The number of sulfonamides is 1. The van der Waals surface area contributed by atoms with Crippen molar-refractivity contribution < 1.29 is 8.42 Å². The minimum absolute atomic E-state index is 0.130. The number of nitriles is 1. The van der Waals surface area contributed by atoms with Crippen molar-refractivity contribution in [1.29, 1.82) is 5.26 Å². The Hall–Kier alpha value is -0.900. The Balaban J connectivity index is 2.83. The number of halogens is 1. The Morgan fingerprint density at radius 3 is 2.80 bits per heavy atom. The Bertz CT molecular complexity index is 479. The number of nitrogens with zero attached hydrogens (tertiary/aromatic N) is 1. The van der Waals surface area contributed by atoms with Crippen molar-refractivity contribution in [3.8, 4) is 6.07 Å². The van der Waals surface area contributed by atoms with E-state index in [0.29, 0.717) is 4.47 Å². The Labute approximate surface area is 97.1 Å². The second-order valence-corrected chi connectivity index (χ2v) is 5.45. The van der Waals surface area contributed by atoms with Crippen LogP contribution in [-0.2, 0) is 10.0 Å². The summed E-state index contributed by atoms with van der Waals surface area (Å²) in [5, 5.41) is 8.29. The average molecular weight is 289 g/mol. The molecule has 0 atom stereocenters. The van der Waals surface area contributed by atoms with Gasteiger partial charge in [-0.2, -0.15) is 5.26 Å². The second kappa shape index (κ2) is 5.26. The van der Waals surface area contributed by atoms with Crippen LogP contribution in [0.1, 0.15) is 6.42 Å². The lowest BCUT2D eigenvalue weighted by atomic mass is 10.4. The highest BCUT2D eigenvalue weighted by atomic mass is 79.9. The van der Waals surface area contributed by atoms with Gasteiger partial charge < -0.3 is 0 Å². The minimum atomic E-state index is -3.49. The highest BCUT2D eigenvalue weighted by Gasteiger charge is 2.12. The van der Waals surface area contributed by atoms with E-state index in [1.807, 2.05) is 6.07 Å². The van der Waals surface area contributed by atoms with Crippen LogP contribution in [0.5, 0.6) is 0 Å². The molecule has 6 heteroatoms. The summed E-state index contributed by atoms with van der Waals surface area (Å²) in [5.41, 5.74) is 0. The van der Waals surface area contributed by atoms with E-state index in [-0.39, 0.29) is 17.9 Å². The molecule has 0 spiro atoms. The SMILES string of the molecule is N#CCCNS(=O)(=O)c1cccc(Br)c1. The first kappa shape index (κ1) is 12.2. The van der Waals surface area contributed by atoms with Crippen LogP contribution in [0.2, 0.25) is 0 Å². The maximum Gasteiger partial charge on any atom is 0.240 e. The van der Waals surface area contributed by atoms with Gasteiger partial charge in [0, 0.05) is 17.4 Å². The van der Waals surface area contributed by atoms with E-state index >= 15 is 0 Å². The fourth-order valence-corrected chi connectivity index (χ4v) is 2.59. The summed E-state index contributed by atoms with van der Waals surface area (Å²) < 4.78 is 26.3. The molecule has 0 amide bonds. The molecular weight excluding hydrogens is 280 g/mol. The minimum Gasteiger partial charge on any atom is -0.210 e. The molecule has 1 aromatic rings. The zero-order chi connectivity index (χ0) is 11.3. The predicted molar refractivity (Wildman–Crippen MR) is 59.6 cm³/mol. The number of benzene rings is 1. The summed E-state index contributed by atoms with van der Waals surface area (Å²) in [6, 6.07) is 8.26. The lowest BCUT2D eigenvalue weighted by molar-refractivity contribution is 0.582. The number of hydrogen-bond acceptors (Lipinski definition) is 3. The molecule has 15 heavy (non-hydrogen) atoms. The molecule has 80 valence electrons. The Kier molecular flexibility index (Phi) is 4.27. The van der Waals surface area contributed by atoms with Crippen molar-refractivity contribution in [3.63, 3.8) is 0 Å². The molecular formula is C9H9BrN2O2S. The average Bonchev–Trinajstić information content (AvgIpc) is 2.18. The van der Waals surface area contributed by atoms with Crippen LogP contribution in [0, 0.1) is 11.3 Å². The summed E-state index contributed by atoms with van der Waals surface area (Å²) in [7, 11) is -3.49. The van der Waals surface area contributed by atoms with Gasteiger partial charge in [0.15, 0.2) is 0 Å². The fraction of sp³-hybridized carbons (Fsp3) is 0.222. The van der Waals surface area contributed by atoms with Gasteiger partial charge in [0.1, 0.15) is 0 Å². The topological polar surface area (TPSA) is 70.0 Å². The number of nitrogens with one attached hydrogen (secondary N) is 1. The molecule has 0 fully saturated rings. The quantitative estimate of drug-likeness (QED) is 0.857. The molecule has 0 aliphatic rings. The van der Waals surface area contributed by atoms with Gasteiger partial charge in [0.25, 0.3) is 0 Å². The van der Waals surface area contributed by atoms with Crippen LogP contribution in [0.25, 0.3) is 0 Å². The van der Waals surface area contributed by atoms with Gasteiger partial charge in [0.05, 0.1) is 11.0 Å². The third-order valence-corrected chi connectivity index (χ3v) is 3.59. The zero-order valence-electron chi connectivity index (χ0n) is 7.77. The highest BCUT2D eigenvalue weighted by Crippen LogP contribution is 2.15. The van der Waals surface area contributed by atoms with Gasteiger partial charge in [-0.3, -0.25) is 0 Å². The normalized spacial score (nSPS) is 10.9. The van der Waals surface area contributed by atoms with Gasteiger partial charge in [0.2, 0.25) is 10.0 Å². The second-order valence-electron chi connectivity index (χ2n) is 2.76. The van der Waals surface area contributed by atoms with Gasteiger partial charge >= 0.3 is 0 Å². The van der Waals surface area contributed by atoms with Gasteiger partial charge in [-0.1, -0.05) is 22.0 Å². The number of rotatable bonds is 4. The van der Waals surface area contributed by atoms with Crippen LogP contribution in [0.3, 0.4) is 0 Å². The maximum atomic E-state index is 11.6. The lowest BCUT2D eigenvalue weighted by Gasteiger charge is -2.04. The van der Waals surface area contributed by atoms with Crippen molar-refractivity contribution in [2.24, 2.45) is 0 Å². The van der Waals surface area contributed by atoms with E-state index in [4.69, 9.17) is 5.26 Å². The third-order valence-electron chi connectivity index (χ3n) is 1.64. The maximum absolute atomic E-state index is 11.6. The summed E-state index contributed by atoms with van der Waals surface area (Å²) >= 11 is 3.19. The zero-order valence-corrected chi connectivity index (χ0v) is 10.2. The molecule has 0 bridgehead atoms. The van der Waals surface area contributed by atoms with Crippen LogP contribution in [0.15, 0.2) is 33.6 Å². The summed E-state index contributed by atoms with van der Waals surface area (Å²) in [6.45, 7) is 0.130. The van der Waals surface area contributed by atoms with Crippen molar-refractivity contribution in [2.45, 2.75) is 11.3 Å². The molecule has 0 heterocycles. The molecule has 1 N–H and O–H groups in total. The molecule has 4 nitrogen and oxygen atoms in total. The van der Waals surface area contributed by atoms with E-state index in [1.165, 1.54) is 12.1 Å². The fourth-order valence-electron chi connectivity index (χ4n) is 0.959. The van der Waals surface area contributed by atoms with E-state index in [0.717, 1.165) is 0 Å². The standard InChI is InChI=1S/C9H9BrN2O2S/c10-8-3-1-4-9(7-8)15(13,14)12-6-2-5-11/h1,3-4,7,12H,2,6H2. The van der Waals surface area contributed by atoms with Crippen LogP contribution >= 0.6 is 15.9 Å². The Morgan fingerprint density at radius 2 is 2.20 bits per heavy atom. The van der Waals surface area contributed by atoms with Gasteiger partial charge in [-0.15, -0.1) is 0 Å². The summed E-state index contributed by atoms with van der Waals surface area (Å²) in [6.07, 6.45) is 0.160.